The van der Waals surface area contributed by atoms with E-state index in [-0.39, 0.29) is 0 Å². The average molecular weight is 357 g/mol. The molecule has 0 bridgehead atoms. The number of esters is 1. The largest absolute Gasteiger partial charge is 0.497 e. The molecule has 0 unspecified atom stereocenters. The van der Waals surface area contributed by atoms with Crippen molar-refractivity contribution in [3.8, 4) is 5.75 Å². The number of rotatable bonds is 8. The Kier molecular flexibility index (Phi) is 7.17. The second-order valence-corrected chi connectivity index (χ2v) is 5.66. The van der Waals surface area contributed by atoms with Gasteiger partial charge in [-0.1, -0.05) is 42.5 Å². The van der Waals surface area contributed by atoms with Gasteiger partial charge < -0.3 is 19.5 Å². The molecule has 1 N–H and O–H groups in total. The molecule has 0 spiro atoms. The van der Waals surface area contributed by atoms with Crippen molar-refractivity contribution >= 4 is 11.9 Å². The lowest BCUT2D eigenvalue weighted by atomic mass is 10.0. The Labute approximate surface area is 153 Å². The first kappa shape index (κ1) is 19.5. The van der Waals surface area contributed by atoms with Crippen molar-refractivity contribution < 1.29 is 23.8 Å². The second-order valence-electron chi connectivity index (χ2n) is 5.66. The number of methoxy groups -OCH3 is 3. The lowest BCUT2D eigenvalue weighted by molar-refractivity contribution is -0.146. The Balaban J connectivity index is 2.13. The highest BCUT2D eigenvalue weighted by molar-refractivity contribution is 5.87. The highest BCUT2D eigenvalue weighted by atomic mass is 16.5. The highest BCUT2D eigenvalue weighted by Crippen LogP contribution is 2.18. The molecule has 0 radical (unpaired) electrons. The first-order chi connectivity index (χ1) is 12.6. The zero-order valence-electron chi connectivity index (χ0n) is 15.1. The van der Waals surface area contributed by atoms with Gasteiger partial charge in [-0.05, 0) is 23.3 Å². The van der Waals surface area contributed by atoms with Crippen molar-refractivity contribution in [1.82, 2.24) is 5.32 Å². The molecule has 0 saturated carbocycles. The standard InChI is InChI=1S/C20H23NO5/c1-24-16-11-9-14(10-12-16)13-17(20(23)26-3)21-19(22)18(25-2)15-7-5-4-6-8-15/h4-12,17-18H,13H2,1-3H3,(H,21,22)/t17-,18-/m0/s1. The number of carbonyl (C=O) groups excluding carboxylic acids is 2. The predicted octanol–water partition coefficient (Wildman–Crippen LogP) is 2.28. The van der Waals surface area contributed by atoms with Crippen LogP contribution in [0.2, 0.25) is 0 Å². The molecule has 1 amide bonds. The Hall–Kier alpha value is -2.86. The van der Waals surface area contributed by atoms with E-state index in [1.165, 1.54) is 14.2 Å². The van der Waals surface area contributed by atoms with E-state index in [9.17, 15) is 9.59 Å². The predicted molar refractivity (Wildman–Crippen MR) is 96.8 cm³/mol. The van der Waals surface area contributed by atoms with E-state index in [1.807, 2.05) is 30.3 Å². The number of hydrogen-bond acceptors (Lipinski definition) is 5. The van der Waals surface area contributed by atoms with Crippen molar-refractivity contribution in [2.45, 2.75) is 18.6 Å². The third-order valence-corrected chi connectivity index (χ3v) is 3.98. The number of amides is 1. The first-order valence-electron chi connectivity index (χ1n) is 8.18. The minimum atomic E-state index is -0.817. The molecule has 138 valence electrons. The van der Waals surface area contributed by atoms with Gasteiger partial charge in [0.2, 0.25) is 0 Å². The van der Waals surface area contributed by atoms with Gasteiger partial charge in [-0.15, -0.1) is 0 Å². The van der Waals surface area contributed by atoms with E-state index >= 15 is 0 Å². The van der Waals surface area contributed by atoms with Gasteiger partial charge in [-0.2, -0.15) is 0 Å². The molecule has 2 rings (SSSR count). The van der Waals surface area contributed by atoms with Crippen LogP contribution < -0.4 is 10.1 Å². The van der Waals surface area contributed by atoms with Gasteiger partial charge in [0, 0.05) is 13.5 Å². The Morgan fingerprint density at radius 2 is 1.62 bits per heavy atom. The summed E-state index contributed by atoms with van der Waals surface area (Å²) in [4.78, 5) is 24.8. The van der Waals surface area contributed by atoms with Crippen LogP contribution >= 0.6 is 0 Å². The summed E-state index contributed by atoms with van der Waals surface area (Å²) >= 11 is 0. The van der Waals surface area contributed by atoms with Crippen LogP contribution in [-0.4, -0.2) is 39.2 Å². The summed E-state index contributed by atoms with van der Waals surface area (Å²) in [5.74, 6) is -0.198. The Morgan fingerprint density at radius 3 is 2.15 bits per heavy atom. The average Bonchev–Trinajstić information content (AvgIpc) is 2.68. The fraction of sp³-hybridized carbons (Fsp3) is 0.300. The molecule has 0 saturated heterocycles. The second kappa shape index (κ2) is 9.58. The van der Waals surface area contributed by atoms with Crippen molar-refractivity contribution in [3.63, 3.8) is 0 Å². The third-order valence-electron chi connectivity index (χ3n) is 3.98. The van der Waals surface area contributed by atoms with E-state index in [0.717, 1.165) is 11.3 Å². The molecule has 0 aliphatic carbocycles. The van der Waals surface area contributed by atoms with Gasteiger partial charge in [0.05, 0.1) is 14.2 Å². The molecule has 26 heavy (non-hydrogen) atoms. The lowest BCUT2D eigenvalue weighted by Crippen LogP contribution is -2.45. The van der Waals surface area contributed by atoms with Crippen molar-refractivity contribution in [2.24, 2.45) is 0 Å². The summed E-state index contributed by atoms with van der Waals surface area (Å²) in [6.07, 6.45) is -0.507. The fourth-order valence-electron chi connectivity index (χ4n) is 2.60. The maximum Gasteiger partial charge on any atom is 0.328 e. The summed E-state index contributed by atoms with van der Waals surface area (Å²) in [5.41, 5.74) is 1.58. The molecule has 2 aromatic rings. The minimum Gasteiger partial charge on any atom is -0.497 e. The van der Waals surface area contributed by atoms with Gasteiger partial charge in [0.1, 0.15) is 11.8 Å². The van der Waals surface area contributed by atoms with Crippen LogP contribution in [0.5, 0.6) is 5.75 Å². The van der Waals surface area contributed by atoms with E-state index in [0.29, 0.717) is 12.0 Å². The SMILES string of the molecule is COC(=O)[C@H](Cc1ccc(OC)cc1)NC(=O)[C@@H](OC)c1ccccc1. The quantitative estimate of drug-likeness (QED) is 0.734. The van der Waals surface area contributed by atoms with Crippen LogP contribution in [0.1, 0.15) is 17.2 Å². The van der Waals surface area contributed by atoms with Gasteiger partial charge in [-0.3, -0.25) is 4.79 Å². The van der Waals surface area contributed by atoms with Crippen LogP contribution in [0.3, 0.4) is 0 Å². The van der Waals surface area contributed by atoms with Gasteiger partial charge in [-0.25, -0.2) is 4.79 Å². The first-order valence-corrected chi connectivity index (χ1v) is 8.18. The third kappa shape index (κ3) is 5.07. The molecule has 6 nitrogen and oxygen atoms in total. The normalized spacial score (nSPS) is 12.7. The molecule has 0 fully saturated rings. The van der Waals surface area contributed by atoms with Crippen LogP contribution in [-0.2, 0) is 25.5 Å². The molecule has 2 aromatic carbocycles. The maximum absolute atomic E-state index is 12.6. The molecular formula is C20H23NO5. The smallest absolute Gasteiger partial charge is 0.328 e. The maximum atomic E-state index is 12.6. The van der Waals surface area contributed by atoms with E-state index in [1.54, 1.807) is 31.4 Å². The number of nitrogens with one attached hydrogen (secondary N) is 1. The van der Waals surface area contributed by atoms with Gasteiger partial charge in [0.15, 0.2) is 6.10 Å². The van der Waals surface area contributed by atoms with Crippen molar-refractivity contribution in [2.75, 3.05) is 21.3 Å². The summed E-state index contributed by atoms with van der Waals surface area (Å²) in [5, 5.41) is 2.72. The zero-order chi connectivity index (χ0) is 18.9. The van der Waals surface area contributed by atoms with E-state index in [2.05, 4.69) is 5.32 Å². The summed E-state index contributed by atoms with van der Waals surface area (Å²) in [6.45, 7) is 0. The van der Waals surface area contributed by atoms with Gasteiger partial charge in [0.25, 0.3) is 5.91 Å². The number of ether oxygens (including phenoxy) is 3. The Bertz CT molecular complexity index is 715. The summed E-state index contributed by atoms with van der Waals surface area (Å²) < 4.78 is 15.3. The zero-order valence-corrected chi connectivity index (χ0v) is 15.1. The lowest BCUT2D eigenvalue weighted by Gasteiger charge is -2.21. The minimum absolute atomic E-state index is 0.299. The number of hydrogen-bond donors (Lipinski definition) is 1. The fourth-order valence-corrected chi connectivity index (χ4v) is 2.60. The topological polar surface area (TPSA) is 73.9 Å². The highest BCUT2D eigenvalue weighted by Gasteiger charge is 2.27. The molecule has 0 aromatic heterocycles. The summed E-state index contributed by atoms with van der Waals surface area (Å²) in [7, 11) is 4.33. The number of benzene rings is 2. The molecule has 6 heteroatoms. The van der Waals surface area contributed by atoms with Gasteiger partial charge >= 0.3 is 5.97 Å². The van der Waals surface area contributed by atoms with Crippen molar-refractivity contribution in [3.05, 3.63) is 65.7 Å². The summed E-state index contributed by atoms with van der Waals surface area (Å²) in [6, 6.07) is 15.6. The molecule has 0 heterocycles. The van der Waals surface area contributed by atoms with Crippen LogP contribution in [0, 0.1) is 0 Å². The molecule has 2 atom stereocenters. The van der Waals surface area contributed by atoms with E-state index in [4.69, 9.17) is 14.2 Å². The molecule has 0 aliphatic heterocycles. The number of carbonyl (C=O) groups is 2. The van der Waals surface area contributed by atoms with Crippen LogP contribution in [0.15, 0.2) is 54.6 Å². The monoisotopic (exact) mass is 357 g/mol. The van der Waals surface area contributed by atoms with Crippen LogP contribution in [0.25, 0.3) is 0 Å². The molecular weight excluding hydrogens is 334 g/mol. The van der Waals surface area contributed by atoms with Crippen molar-refractivity contribution in [1.29, 1.82) is 0 Å². The Morgan fingerprint density at radius 1 is 0.962 bits per heavy atom. The van der Waals surface area contributed by atoms with E-state index < -0.39 is 24.0 Å². The molecule has 0 aliphatic rings. The van der Waals surface area contributed by atoms with Crippen LogP contribution in [0.4, 0.5) is 0 Å².